The van der Waals surface area contributed by atoms with E-state index in [0.717, 1.165) is 11.1 Å². The monoisotopic (exact) mass is 406 g/mol. The Morgan fingerprint density at radius 2 is 1.93 bits per heavy atom. The van der Waals surface area contributed by atoms with E-state index in [-0.39, 0.29) is 18.7 Å². The first kappa shape index (κ1) is 19.4. The van der Waals surface area contributed by atoms with Gasteiger partial charge in [0.2, 0.25) is 0 Å². The fraction of sp³-hybridized carbons (Fsp3) is 0.217. The summed E-state index contributed by atoms with van der Waals surface area (Å²) in [5, 5.41) is 12.9. The highest BCUT2D eigenvalue weighted by Gasteiger charge is 2.15. The number of ether oxygens (including phenoxy) is 1. The molecule has 1 N–H and O–H groups in total. The molecule has 1 atom stereocenters. The molecule has 0 saturated carbocycles. The van der Waals surface area contributed by atoms with Crippen LogP contribution in [0.5, 0.6) is 5.75 Å². The minimum absolute atomic E-state index is 0.0993. The third kappa shape index (κ3) is 4.09. The number of aryl methyl sites for hydroxylation is 2. The Morgan fingerprint density at radius 1 is 1.14 bits per heavy atom. The number of hydrogen-bond donors (Lipinski definition) is 1. The summed E-state index contributed by atoms with van der Waals surface area (Å²) in [6.45, 7) is 4.35. The van der Waals surface area contributed by atoms with Crippen LogP contribution in [0.25, 0.3) is 21.3 Å². The standard InChI is InChI=1S/C23H22N2O3S/c1-15-8-9-17(10-16(15)2)20-13-29-22-21(20)23(27)25(14-24-22)11-18(26)12-28-19-6-4-3-5-7-19/h3-10,13-14,18,26H,11-12H2,1-2H3/t18-/m0/s1. The number of aliphatic hydroxyl groups excluding tert-OH is 1. The SMILES string of the molecule is Cc1ccc(-c2csc3ncn(C[C@H](O)COc4ccccc4)c(=O)c23)cc1C. The summed E-state index contributed by atoms with van der Waals surface area (Å²) in [7, 11) is 0. The van der Waals surface area contributed by atoms with Crippen LogP contribution in [0.4, 0.5) is 0 Å². The molecule has 0 amide bonds. The number of thiophene rings is 1. The van der Waals surface area contributed by atoms with Crippen molar-refractivity contribution in [3.8, 4) is 16.9 Å². The molecule has 0 unspecified atom stereocenters. The Bertz CT molecular complexity index is 1200. The Labute approximate surface area is 172 Å². The first-order chi connectivity index (χ1) is 14.0. The van der Waals surface area contributed by atoms with Gasteiger partial charge in [-0.05, 0) is 42.7 Å². The molecule has 0 aliphatic carbocycles. The molecule has 4 rings (SSSR count). The van der Waals surface area contributed by atoms with Gasteiger partial charge in [-0.3, -0.25) is 9.36 Å². The smallest absolute Gasteiger partial charge is 0.262 e. The maximum atomic E-state index is 13.1. The van der Waals surface area contributed by atoms with Gasteiger partial charge < -0.3 is 9.84 Å². The Hall–Kier alpha value is -2.96. The molecule has 0 radical (unpaired) electrons. The Kier molecular flexibility index (Phi) is 5.47. The zero-order chi connectivity index (χ0) is 20.4. The van der Waals surface area contributed by atoms with Crippen molar-refractivity contribution in [2.75, 3.05) is 6.61 Å². The number of rotatable bonds is 6. The lowest BCUT2D eigenvalue weighted by atomic mass is 10.0. The summed E-state index contributed by atoms with van der Waals surface area (Å²) in [6, 6.07) is 15.5. The summed E-state index contributed by atoms with van der Waals surface area (Å²) in [4.78, 5) is 18.3. The van der Waals surface area contributed by atoms with Crippen LogP contribution in [0.2, 0.25) is 0 Å². The Balaban J connectivity index is 1.60. The molecular formula is C23H22N2O3S. The molecule has 2 aromatic carbocycles. The van der Waals surface area contributed by atoms with Crippen molar-refractivity contribution in [1.29, 1.82) is 0 Å². The molecular weight excluding hydrogens is 384 g/mol. The predicted molar refractivity (Wildman–Crippen MR) is 117 cm³/mol. The van der Waals surface area contributed by atoms with E-state index in [1.807, 2.05) is 41.8 Å². The van der Waals surface area contributed by atoms with E-state index in [0.29, 0.717) is 16.0 Å². The number of fused-ring (bicyclic) bond motifs is 1. The lowest BCUT2D eigenvalue weighted by molar-refractivity contribution is 0.0915. The largest absolute Gasteiger partial charge is 0.491 e. The van der Waals surface area contributed by atoms with Crippen molar-refractivity contribution >= 4 is 21.6 Å². The third-order valence-electron chi connectivity index (χ3n) is 4.97. The average molecular weight is 407 g/mol. The van der Waals surface area contributed by atoms with Crippen molar-refractivity contribution in [1.82, 2.24) is 9.55 Å². The van der Waals surface area contributed by atoms with Gasteiger partial charge in [-0.2, -0.15) is 0 Å². The second kappa shape index (κ2) is 8.19. The number of para-hydroxylation sites is 1. The fourth-order valence-corrected chi connectivity index (χ4v) is 4.11. The van der Waals surface area contributed by atoms with Crippen LogP contribution in [0.1, 0.15) is 11.1 Å². The second-order valence-electron chi connectivity index (χ2n) is 7.11. The zero-order valence-corrected chi connectivity index (χ0v) is 17.1. The fourth-order valence-electron chi connectivity index (χ4n) is 3.21. The van der Waals surface area contributed by atoms with Gasteiger partial charge >= 0.3 is 0 Å². The molecule has 6 heteroatoms. The molecule has 0 fully saturated rings. The van der Waals surface area contributed by atoms with Crippen molar-refractivity contribution in [2.24, 2.45) is 0 Å². The second-order valence-corrected chi connectivity index (χ2v) is 7.97. The van der Waals surface area contributed by atoms with E-state index in [1.165, 1.54) is 33.4 Å². The lowest BCUT2D eigenvalue weighted by Gasteiger charge is -2.14. The zero-order valence-electron chi connectivity index (χ0n) is 16.3. The van der Waals surface area contributed by atoms with Crippen LogP contribution < -0.4 is 10.3 Å². The van der Waals surface area contributed by atoms with Gasteiger partial charge in [-0.25, -0.2) is 4.98 Å². The summed E-state index contributed by atoms with van der Waals surface area (Å²) >= 11 is 1.46. The van der Waals surface area contributed by atoms with E-state index in [1.54, 1.807) is 0 Å². The first-order valence-corrected chi connectivity index (χ1v) is 10.3. The predicted octanol–water partition coefficient (Wildman–Crippen LogP) is 4.18. The molecule has 4 aromatic rings. The average Bonchev–Trinajstić information content (AvgIpc) is 3.16. The van der Waals surface area contributed by atoms with Crippen molar-refractivity contribution in [3.05, 3.63) is 81.7 Å². The van der Waals surface area contributed by atoms with E-state index in [9.17, 15) is 9.90 Å². The van der Waals surface area contributed by atoms with Gasteiger partial charge in [-0.1, -0.05) is 36.4 Å². The van der Waals surface area contributed by atoms with E-state index >= 15 is 0 Å². The molecule has 0 aliphatic rings. The number of hydrogen-bond acceptors (Lipinski definition) is 5. The quantitative estimate of drug-likeness (QED) is 0.522. The number of aromatic nitrogens is 2. The molecule has 0 saturated heterocycles. The molecule has 2 aromatic heterocycles. The van der Waals surface area contributed by atoms with Gasteiger partial charge in [0, 0.05) is 10.9 Å². The highest BCUT2D eigenvalue weighted by Crippen LogP contribution is 2.31. The van der Waals surface area contributed by atoms with Crippen molar-refractivity contribution < 1.29 is 9.84 Å². The lowest BCUT2D eigenvalue weighted by Crippen LogP contribution is -2.30. The minimum atomic E-state index is -0.823. The first-order valence-electron chi connectivity index (χ1n) is 9.43. The van der Waals surface area contributed by atoms with Crippen molar-refractivity contribution in [3.63, 3.8) is 0 Å². The third-order valence-corrected chi connectivity index (χ3v) is 5.86. The van der Waals surface area contributed by atoms with E-state index in [4.69, 9.17) is 4.74 Å². The molecule has 0 bridgehead atoms. The van der Waals surface area contributed by atoms with Crippen LogP contribution in [0, 0.1) is 13.8 Å². The molecule has 148 valence electrons. The van der Waals surface area contributed by atoms with Crippen LogP contribution in [-0.2, 0) is 6.54 Å². The maximum absolute atomic E-state index is 13.1. The molecule has 29 heavy (non-hydrogen) atoms. The number of benzene rings is 2. The summed E-state index contributed by atoms with van der Waals surface area (Å²) < 4.78 is 7.04. The van der Waals surface area contributed by atoms with Crippen molar-refractivity contribution in [2.45, 2.75) is 26.5 Å². The van der Waals surface area contributed by atoms with Gasteiger partial charge in [0.25, 0.3) is 5.56 Å². The van der Waals surface area contributed by atoms with Crippen LogP contribution in [0.15, 0.2) is 65.0 Å². The van der Waals surface area contributed by atoms with Gasteiger partial charge in [-0.15, -0.1) is 11.3 Å². The molecule has 5 nitrogen and oxygen atoms in total. The van der Waals surface area contributed by atoms with Crippen LogP contribution in [0.3, 0.4) is 0 Å². The summed E-state index contributed by atoms with van der Waals surface area (Å²) in [6.07, 6.45) is 0.674. The maximum Gasteiger partial charge on any atom is 0.262 e. The van der Waals surface area contributed by atoms with Gasteiger partial charge in [0.1, 0.15) is 23.3 Å². The summed E-state index contributed by atoms with van der Waals surface area (Å²) in [5.74, 6) is 0.683. The highest BCUT2D eigenvalue weighted by atomic mass is 32.1. The topological polar surface area (TPSA) is 64.3 Å². The molecule has 0 aliphatic heterocycles. The summed E-state index contributed by atoms with van der Waals surface area (Å²) in [5.41, 5.74) is 4.13. The van der Waals surface area contributed by atoms with Crippen LogP contribution >= 0.6 is 11.3 Å². The molecule has 0 spiro atoms. The van der Waals surface area contributed by atoms with E-state index in [2.05, 4.69) is 31.0 Å². The van der Waals surface area contributed by atoms with E-state index < -0.39 is 6.10 Å². The minimum Gasteiger partial charge on any atom is -0.491 e. The van der Waals surface area contributed by atoms with Gasteiger partial charge in [0.05, 0.1) is 18.3 Å². The molecule has 2 heterocycles. The van der Waals surface area contributed by atoms with Gasteiger partial charge in [0.15, 0.2) is 0 Å². The number of aliphatic hydroxyl groups is 1. The number of nitrogens with zero attached hydrogens (tertiary/aromatic N) is 2. The Morgan fingerprint density at radius 3 is 2.69 bits per heavy atom. The van der Waals surface area contributed by atoms with Crippen LogP contribution in [-0.4, -0.2) is 27.4 Å². The normalized spacial score (nSPS) is 12.2. The highest BCUT2D eigenvalue weighted by molar-refractivity contribution is 7.17.